The van der Waals surface area contributed by atoms with Gasteiger partial charge in [0.25, 0.3) is 5.91 Å². The molecule has 0 aromatic carbocycles. The first-order valence-electron chi connectivity index (χ1n) is 8.53. The van der Waals surface area contributed by atoms with Gasteiger partial charge in [-0.3, -0.25) is 9.78 Å². The number of amides is 1. The van der Waals surface area contributed by atoms with E-state index in [1.807, 2.05) is 12.1 Å². The maximum atomic E-state index is 12.4. The van der Waals surface area contributed by atoms with Gasteiger partial charge in [-0.25, -0.2) is 12.7 Å². The summed E-state index contributed by atoms with van der Waals surface area (Å²) in [4.78, 5) is 19.5. The van der Waals surface area contributed by atoms with E-state index in [2.05, 4.69) is 15.3 Å². The van der Waals surface area contributed by atoms with Crippen molar-refractivity contribution >= 4 is 26.8 Å². The molecular weight excluding hydrogens is 340 g/mol. The van der Waals surface area contributed by atoms with Crippen molar-refractivity contribution in [1.82, 2.24) is 19.6 Å². The normalized spacial score (nSPS) is 23.0. The first kappa shape index (κ1) is 16.5. The number of pyridine rings is 1. The van der Waals surface area contributed by atoms with Gasteiger partial charge >= 0.3 is 0 Å². The van der Waals surface area contributed by atoms with Crippen molar-refractivity contribution in [1.29, 1.82) is 0 Å². The van der Waals surface area contributed by atoms with E-state index < -0.39 is 10.0 Å². The number of piperidine rings is 1. The SMILES string of the molecule is CS(=O)(=O)N1CCC2(CC1)CC2CNC(=O)c1cc2cnccc2[nH]1. The number of H-pyrrole nitrogens is 1. The number of aromatic nitrogens is 2. The summed E-state index contributed by atoms with van der Waals surface area (Å²) in [5.74, 6) is 0.344. The fourth-order valence-electron chi connectivity index (χ4n) is 4.00. The Morgan fingerprint density at radius 1 is 1.44 bits per heavy atom. The van der Waals surface area contributed by atoms with Crippen LogP contribution in [0.4, 0.5) is 0 Å². The molecule has 3 heterocycles. The molecule has 134 valence electrons. The van der Waals surface area contributed by atoms with E-state index in [4.69, 9.17) is 0 Å². The molecule has 1 aliphatic heterocycles. The number of nitrogens with one attached hydrogen (secondary N) is 2. The summed E-state index contributed by atoms with van der Waals surface area (Å²) in [6.07, 6.45) is 7.54. The molecule has 7 nitrogen and oxygen atoms in total. The van der Waals surface area contributed by atoms with E-state index in [9.17, 15) is 13.2 Å². The molecule has 2 aromatic heterocycles. The average Bonchev–Trinajstić information content (AvgIpc) is 3.05. The molecule has 0 bridgehead atoms. The minimum atomic E-state index is -3.09. The zero-order valence-electron chi connectivity index (χ0n) is 14.2. The first-order valence-corrected chi connectivity index (χ1v) is 10.4. The standard InChI is InChI=1S/C17H22N4O3S/c1-25(23,24)21-6-3-17(4-7-21)9-13(17)11-19-16(22)15-8-12-10-18-5-2-14(12)20-15/h2,5,8,10,13,20H,3-4,6-7,9,11H2,1H3,(H,19,22). The van der Waals surface area contributed by atoms with E-state index in [0.717, 1.165) is 30.2 Å². The Hall–Kier alpha value is -1.93. The molecule has 1 saturated carbocycles. The number of carbonyl (C=O) groups is 1. The largest absolute Gasteiger partial charge is 0.350 e. The Kier molecular flexibility index (Phi) is 3.84. The van der Waals surface area contributed by atoms with Gasteiger partial charge in [0.2, 0.25) is 10.0 Å². The number of aromatic amines is 1. The summed E-state index contributed by atoms with van der Waals surface area (Å²) in [5.41, 5.74) is 1.67. The fraction of sp³-hybridized carbons (Fsp3) is 0.529. The van der Waals surface area contributed by atoms with Crippen LogP contribution in [-0.4, -0.2) is 54.5 Å². The lowest BCUT2D eigenvalue weighted by Gasteiger charge is -2.31. The van der Waals surface area contributed by atoms with E-state index >= 15 is 0 Å². The summed E-state index contributed by atoms with van der Waals surface area (Å²) in [5, 5.41) is 3.93. The molecule has 1 saturated heterocycles. The molecule has 2 N–H and O–H groups in total. The van der Waals surface area contributed by atoms with Crippen molar-refractivity contribution in [2.45, 2.75) is 19.3 Å². The maximum absolute atomic E-state index is 12.4. The van der Waals surface area contributed by atoms with Crippen molar-refractivity contribution < 1.29 is 13.2 Å². The third-order valence-corrected chi connectivity index (χ3v) is 7.02. The molecule has 1 atom stereocenters. The van der Waals surface area contributed by atoms with Crippen LogP contribution in [0, 0.1) is 11.3 Å². The van der Waals surface area contributed by atoms with Gasteiger partial charge in [-0.1, -0.05) is 0 Å². The minimum Gasteiger partial charge on any atom is -0.350 e. The average molecular weight is 362 g/mol. The Morgan fingerprint density at radius 3 is 2.88 bits per heavy atom. The highest BCUT2D eigenvalue weighted by Crippen LogP contribution is 2.59. The van der Waals surface area contributed by atoms with Gasteiger partial charge in [0, 0.05) is 42.9 Å². The molecule has 1 amide bonds. The molecule has 2 aromatic rings. The van der Waals surface area contributed by atoms with Crippen LogP contribution >= 0.6 is 0 Å². The van der Waals surface area contributed by atoms with Gasteiger partial charge in [-0.05, 0) is 42.7 Å². The molecule has 2 fully saturated rings. The van der Waals surface area contributed by atoms with Crippen LogP contribution < -0.4 is 5.32 Å². The lowest BCUT2D eigenvalue weighted by molar-refractivity contribution is 0.0944. The van der Waals surface area contributed by atoms with Gasteiger partial charge in [0.1, 0.15) is 5.69 Å². The second kappa shape index (κ2) is 5.81. The van der Waals surface area contributed by atoms with Crippen LogP contribution in [0.25, 0.3) is 10.9 Å². The van der Waals surface area contributed by atoms with Crippen molar-refractivity contribution in [2.75, 3.05) is 25.9 Å². The second-order valence-electron chi connectivity index (χ2n) is 7.28. The topological polar surface area (TPSA) is 95.2 Å². The fourth-order valence-corrected chi connectivity index (χ4v) is 4.85. The van der Waals surface area contributed by atoms with Crippen molar-refractivity contribution in [3.63, 3.8) is 0 Å². The van der Waals surface area contributed by atoms with Crippen LogP contribution in [-0.2, 0) is 10.0 Å². The molecular formula is C17H22N4O3S. The zero-order chi connectivity index (χ0) is 17.7. The Balaban J connectivity index is 1.32. The molecule has 8 heteroatoms. The highest BCUT2D eigenvalue weighted by molar-refractivity contribution is 7.88. The Morgan fingerprint density at radius 2 is 2.20 bits per heavy atom. The summed E-state index contributed by atoms with van der Waals surface area (Å²) in [6.45, 7) is 1.84. The van der Waals surface area contributed by atoms with Gasteiger partial charge in [-0.2, -0.15) is 0 Å². The molecule has 1 aliphatic carbocycles. The number of fused-ring (bicyclic) bond motifs is 1. The van der Waals surface area contributed by atoms with E-state index in [1.165, 1.54) is 6.26 Å². The van der Waals surface area contributed by atoms with E-state index in [-0.39, 0.29) is 11.3 Å². The summed E-state index contributed by atoms with van der Waals surface area (Å²) >= 11 is 0. The monoisotopic (exact) mass is 362 g/mol. The number of carbonyl (C=O) groups excluding carboxylic acids is 1. The molecule has 1 spiro atoms. The van der Waals surface area contributed by atoms with Gasteiger partial charge in [-0.15, -0.1) is 0 Å². The van der Waals surface area contributed by atoms with Crippen LogP contribution in [0.15, 0.2) is 24.5 Å². The van der Waals surface area contributed by atoms with Crippen LogP contribution in [0.2, 0.25) is 0 Å². The van der Waals surface area contributed by atoms with Gasteiger partial charge in [0.05, 0.1) is 6.26 Å². The first-order chi connectivity index (χ1) is 11.9. The molecule has 4 rings (SSSR count). The lowest BCUT2D eigenvalue weighted by atomic mass is 9.92. The van der Waals surface area contributed by atoms with Gasteiger partial charge in [0.15, 0.2) is 0 Å². The third-order valence-electron chi connectivity index (χ3n) is 5.72. The zero-order valence-corrected chi connectivity index (χ0v) is 15.0. The number of sulfonamides is 1. The lowest BCUT2D eigenvalue weighted by Crippen LogP contribution is -2.39. The summed E-state index contributed by atoms with van der Waals surface area (Å²) in [6, 6.07) is 3.66. The van der Waals surface area contributed by atoms with E-state index in [1.54, 1.807) is 16.7 Å². The molecule has 2 aliphatic rings. The third kappa shape index (κ3) is 3.16. The van der Waals surface area contributed by atoms with Crippen molar-refractivity contribution in [3.8, 4) is 0 Å². The molecule has 1 unspecified atom stereocenters. The van der Waals surface area contributed by atoms with Crippen LogP contribution in [0.3, 0.4) is 0 Å². The highest BCUT2D eigenvalue weighted by atomic mass is 32.2. The number of hydrogen-bond acceptors (Lipinski definition) is 4. The highest BCUT2D eigenvalue weighted by Gasteiger charge is 2.55. The van der Waals surface area contributed by atoms with Crippen LogP contribution in [0.5, 0.6) is 0 Å². The molecule has 0 radical (unpaired) electrons. The molecule has 25 heavy (non-hydrogen) atoms. The Bertz CT molecular complexity index is 880. The number of hydrogen-bond donors (Lipinski definition) is 2. The predicted octanol–water partition coefficient (Wildman–Crippen LogP) is 1.35. The minimum absolute atomic E-state index is 0.105. The van der Waals surface area contributed by atoms with Gasteiger partial charge < -0.3 is 10.3 Å². The van der Waals surface area contributed by atoms with E-state index in [0.29, 0.717) is 31.2 Å². The Labute approximate surface area is 146 Å². The number of nitrogens with zero attached hydrogens (tertiary/aromatic N) is 2. The van der Waals surface area contributed by atoms with Crippen molar-refractivity contribution in [3.05, 3.63) is 30.2 Å². The summed E-state index contributed by atoms with van der Waals surface area (Å²) < 4.78 is 24.8. The predicted molar refractivity (Wildman–Crippen MR) is 94.6 cm³/mol. The quantitative estimate of drug-likeness (QED) is 0.858. The van der Waals surface area contributed by atoms with Crippen molar-refractivity contribution in [2.24, 2.45) is 11.3 Å². The smallest absolute Gasteiger partial charge is 0.267 e. The number of rotatable bonds is 4. The summed E-state index contributed by atoms with van der Waals surface area (Å²) in [7, 11) is -3.09. The maximum Gasteiger partial charge on any atom is 0.267 e. The second-order valence-corrected chi connectivity index (χ2v) is 9.26. The van der Waals surface area contributed by atoms with Crippen LogP contribution in [0.1, 0.15) is 29.8 Å².